The quantitative estimate of drug-likeness (QED) is 0.760. The largest absolute Gasteiger partial charge is 0.346 e. The van der Waals surface area contributed by atoms with E-state index in [0.29, 0.717) is 0 Å². The second-order valence-corrected chi connectivity index (χ2v) is 7.20. The van der Waals surface area contributed by atoms with Crippen molar-refractivity contribution in [2.75, 3.05) is 21.1 Å². The Morgan fingerprint density at radius 1 is 1.29 bits per heavy atom. The van der Waals surface area contributed by atoms with Crippen LogP contribution in [0.3, 0.4) is 0 Å². The zero-order valence-electron chi connectivity index (χ0n) is 10.7. The van der Waals surface area contributed by atoms with E-state index in [0.717, 1.165) is 5.56 Å². The van der Waals surface area contributed by atoms with E-state index in [1.807, 2.05) is 49.0 Å². The number of rotatable bonds is 2. The summed E-state index contributed by atoms with van der Waals surface area (Å²) in [6.45, 7) is 1.97. The molecule has 0 aliphatic carbocycles. The third-order valence-corrected chi connectivity index (χ3v) is 5.86. The lowest BCUT2D eigenvalue weighted by atomic mass is 10.0. The predicted molar refractivity (Wildman–Crippen MR) is 68.8 cm³/mol. The molecule has 1 saturated heterocycles. The first kappa shape index (κ1) is 12.8. The van der Waals surface area contributed by atoms with Crippen LogP contribution in [0.1, 0.15) is 18.5 Å². The van der Waals surface area contributed by atoms with Crippen LogP contribution in [0.15, 0.2) is 30.3 Å². The topological polar surface area (TPSA) is 32.8 Å². The summed E-state index contributed by atoms with van der Waals surface area (Å²) in [6.07, 6.45) is -0.0735. The average Bonchev–Trinajstić information content (AvgIpc) is 2.52. The van der Waals surface area contributed by atoms with E-state index in [4.69, 9.17) is 4.52 Å². The van der Waals surface area contributed by atoms with Gasteiger partial charge in [0.2, 0.25) is 0 Å². The number of benzene rings is 1. The molecule has 0 amide bonds. The Hall–Kier alpha value is -0.670. The minimum Gasteiger partial charge on any atom is -0.301 e. The van der Waals surface area contributed by atoms with Crippen molar-refractivity contribution >= 4 is 7.67 Å². The smallest absolute Gasteiger partial charge is 0.301 e. The summed E-state index contributed by atoms with van der Waals surface area (Å²) in [6, 6.07) is 10.1. The van der Waals surface area contributed by atoms with E-state index < -0.39 is 7.67 Å². The third-order valence-electron chi connectivity index (χ3n) is 3.20. The maximum absolute atomic E-state index is 12.7. The Kier molecular flexibility index (Phi) is 3.41. The molecule has 0 spiro atoms. The lowest BCUT2D eigenvalue weighted by Gasteiger charge is -2.27. The molecule has 1 heterocycles. The maximum Gasteiger partial charge on any atom is 0.346 e. The van der Waals surface area contributed by atoms with Gasteiger partial charge in [0.05, 0.1) is 12.1 Å². The highest BCUT2D eigenvalue weighted by Crippen LogP contribution is 2.63. The Morgan fingerprint density at radius 3 is 2.35 bits per heavy atom. The van der Waals surface area contributed by atoms with E-state index in [-0.39, 0.29) is 12.1 Å². The first-order valence-corrected chi connectivity index (χ1v) is 7.24. The third kappa shape index (κ3) is 2.06. The van der Waals surface area contributed by atoms with Crippen molar-refractivity contribution in [1.82, 2.24) is 9.34 Å². The van der Waals surface area contributed by atoms with Gasteiger partial charge in [-0.1, -0.05) is 30.3 Å². The molecule has 1 fully saturated rings. The summed E-state index contributed by atoms with van der Waals surface area (Å²) in [5.74, 6) is 0. The van der Waals surface area contributed by atoms with Crippen LogP contribution in [-0.4, -0.2) is 36.6 Å². The van der Waals surface area contributed by atoms with E-state index in [9.17, 15) is 4.57 Å². The van der Waals surface area contributed by atoms with Gasteiger partial charge < -0.3 is 4.52 Å². The van der Waals surface area contributed by atoms with E-state index in [2.05, 4.69) is 0 Å². The highest BCUT2D eigenvalue weighted by Gasteiger charge is 2.48. The molecule has 0 radical (unpaired) electrons. The molecule has 3 atom stereocenters. The van der Waals surface area contributed by atoms with Crippen molar-refractivity contribution < 1.29 is 9.09 Å². The first-order chi connectivity index (χ1) is 7.97. The van der Waals surface area contributed by atoms with Crippen LogP contribution >= 0.6 is 7.67 Å². The van der Waals surface area contributed by atoms with Crippen LogP contribution < -0.4 is 0 Å². The first-order valence-electron chi connectivity index (χ1n) is 5.71. The number of likely N-dealkylation sites (N-methyl/N-ethyl adjacent to an activating group) is 1. The van der Waals surface area contributed by atoms with Crippen molar-refractivity contribution in [3.8, 4) is 0 Å². The van der Waals surface area contributed by atoms with Gasteiger partial charge in [0.15, 0.2) is 0 Å². The fourth-order valence-corrected chi connectivity index (χ4v) is 4.41. The molecule has 5 heteroatoms. The molecule has 2 rings (SSSR count). The number of hydrogen-bond donors (Lipinski definition) is 0. The molecule has 1 aromatic rings. The minimum absolute atomic E-state index is 0.0458. The Morgan fingerprint density at radius 2 is 1.88 bits per heavy atom. The van der Waals surface area contributed by atoms with Gasteiger partial charge in [-0.3, -0.25) is 4.57 Å². The molecule has 0 aromatic heterocycles. The molecule has 17 heavy (non-hydrogen) atoms. The molecule has 1 aliphatic rings. The molecular weight excluding hydrogens is 235 g/mol. The lowest BCUT2D eigenvalue weighted by molar-refractivity contribution is 0.212. The predicted octanol–water partition coefficient (Wildman–Crippen LogP) is 2.75. The number of nitrogens with zero attached hydrogens (tertiary/aromatic N) is 2. The SMILES string of the molecule is CC1OP(=O)(N(C)C)N(C)C1c1ccccc1. The molecule has 1 aliphatic heterocycles. The standard InChI is InChI=1S/C12H19N2O2P/c1-10-12(11-8-6-5-7-9-11)14(4)17(15,16-10)13(2)3/h5-10,12H,1-4H3. The molecular formula is C12H19N2O2P. The van der Waals surface area contributed by atoms with Gasteiger partial charge in [-0.15, -0.1) is 0 Å². The van der Waals surface area contributed by atoms with E-state index in [1.165, 1.54) is 0 Å². The lowest BCUT2D eigenvalue weighted by Crippen LogP contribution is -2.24. The van der Waals surface area contributed by atoms with E-state index >= 15 is 0 Å². The normalized spacial score (nSPS) is 34.4. The zero-order chi connectivity index (χ0) is 12.6. The van der Waals surface area contributed by atoms with Crippen molar-refractivity contribution in [2.24, 2.45) is 0 Å². The molecule has 94 valence electrons. The summed E-state index contributed by atoms with van der Waals surface area (Å²) in [5, 5.41) is 0. The average molecular weight is 254 g/mol. The van der Waals surface area contributed by atoms with Crippen LogP contribution in [0.5, 0.6) is 0 Å². The van der Waals surface area contributed by atoms with Gasteiger partial charge in [-0.05, 0) is 33.6 Å². The van der Waals surface area contributed by atoms with Gasteiger partial charge in [-0.2, -0.15) is 0 Å². The fraction of sp³-hybridized carbons (Fsp3) is 0.500. The van der Waals surface area contributed by atoms with E-state index in [1.54, 1.807) is 18.8 Å². The van der Waals surface area contributed by atoms with Gasteiger partial charge in [0, 0.05) is 0 Å². The summed E-state index contributed by atoms with van der Waals surface area (Å²) in [5.41, 5.74) is 1.14. The van der Waals surface area contributed by atoms with Crippen LogP contribution in [0.2, 0.25) is 0 Å². The number of hydrogen-bond acceptors (Lipinski definition) is 2. The van der Waals surface area contributed by atoms with Crippen molar-refractivity contribution in [2.45, 2.75) is 19.1 Å². The Labute approximate surface area is 103 Å². The molecule has 0 N–H and O–H groups in total. The van der Waals surface area contributed by atoms with Crippen LogP contribution in [0.25, 0.3) is 0 Å². The summed E-state index contributed by atoms with van der Waals surface area (Å²) < 4.78 is 21.9. The second kappa shape index (κ2) is 4.54. The highest BCUT2D eigenvalue weighted by molar-refractivity contribution is 7.54. The Bertz CT molecular complexity index is 435. The van der Waals surface area contributed by atoms with Crippen molar-refractivity contribution in [3.63, 3.8) is 0 Å². The monoisotopic (exact) mass is 254 g/mol. The second-order valence-electron chi connectivity index (χ2n) is 4.58. The van der Waals surface area contributed by atoms with Crippen molar-refractivity contribution in [3.05, 3.63) is 35.9 Å². The summed E-state index contributed by atoms with van der Waals surface area (Å²) >= 11 is 0. The summed E-state index contributed by atoms with van der Waals surface area (Å²) in [4.78, 5) is 0. The minimum atomic E-state index is -2.84. The van der Waals surface area contributed by atoms with Gasteiger partial charge in [0.1, 0.15) is 0 Å². The molecule has 4 nitrogen and oxygen atoms in total. The maximum atomic E-state index is 12.7. The molecule has 1 aromatic carbocycles. The van der Waals surface area contributed by atoms with Gasteiger partial charge in [0.25, 0.3) is 0 Å². The van der Waals surface area contributed by atoms with Crippen LogP contribution in [0.4, 0.5) is 0 Å². The van der Waals surface area contributed by atoms with Crippen molar-refractivity contribution in [1.29, 1.82) is 0 Å². The van der Waals surface area contributed by atoms with Gasteiger partial charge >= 0.3 is 7.67 Å². The fourth-order valence-electron chi connectivity index (χ4n) is 2.32. The molecule has 0 saturated carbocycles. The van der Waals surface area contributed by atoms with Gasteiger partial charge in [-0.25, -0.2) is 9.34 Å². The van der Waals surface area contributed by atoms with Crippen LogP contribution in [0, 0.1) is 0 Å². The molecule has 0 bridgehead atoms. The summed E-state index contributed by atoms with van der Waals surface area (Å²) in [7, 11) is 2.60. The molecule has 3 unspecified atom stereocenters. The Balaban J connectivity index is 2.36. The highest BCUT2D eigenvalue weighted by atomic mass is 31.2. The zero-order valence-corrected chi connectivity index (χ0v) is 11.6. The van der Waals surface area contributed by atoms with Crippen LogP contribution in [-0.2, 0) is 9.09 Å².